The van der Waals surface area contributed by atoms with Gasteiger partial charge in [0.25, 0.3) is 0 Å². The van der Waals surface area contributed by atoms with Crippen LogP contribution in [0.25, 0.3) is 206 Å². The molecular weight excluding hydrogens is 1370 g/mol. The lowest BCUT2D eigenvalue weighted by Gasteiger charge is -2.21. The van der Waals surface area contributed by atoms with Crippen molar-refractivity contribution in [2.45, 2.75) is 0 Å². The van der Waals surface area contributed by atoms with E-state index in [2.05, 4.69) is 368 Å². The minimum atomic E-state index is 0.665. The van der Waals surface area contributed by atoms with E-state index in [-0.39, 0.29) is 0 Å². The molecule has 0 heterocycles. The molecule has 0 bridgehead atoms. The van der Waals surface area contributed by atoms with Crippen molar-refractivity contribution in [3.05, 3.63) is 393 Å². The molecule has 4 heteroatoms. The first-order valence-corrected chi connectivity index (χ1v) is 37.6. The van der Waals surface area contributed by atoms with Gasteiger partial charge in [-0.25, -0.2) is 0 Å². The third-order valence-electron chi connectivity index (χ3n) is 22.2. The molecule has 0 saturated heterocycles. The fraction of sp³-hybridized carbons (Fsp3) is 0. The van der Waals surface area contributed by atoms with Gasteiger partial charge >= 0.3 is 7.69 Å². The van der Waals surface area contributed by atoms with Gasteiger partial charge in [-0.3, -0.25) is 0 Å². The van der Waals surface area contributed by atoms with Crippen molar-refractivity contribution < 1.29 is 9.68 Å². The summed E-state index contributed by atoms with van der Waals surface area (Å²) in [5, 5.41) is 44.4. The third kappa shape index (κ3) is 10.9. The SMILES string of the molecule is Brc1cc2c3ccccc3c3ccccc3c2c2ccccc12.O[B]Oc1c2ccccc2c(-c2cccc(-c3ccc4ccccc4c3)c2)c2ccccc12.c1cc(-c2ccc3ccccc3c2)cc(-c2c3ccccc3c(-c3cc4c5ccccc5c5ccccc5c4c4ccccc34)c3ccccc23)c1. The Morgan fingerprint density at radius 3 is 0.889 bits per heavy atom. The van der Waals surface area contributed by atoms with Crippen LogP contribution in [0.5, 0.6) is 5.75 Å². The third-order valence-corrected chi connectivity index (χ3v) is 22.8. The number of hydrogen-bond donors (Lipinski definition) is 1. The highest BCUT2D eigenvalue weighted by molar-refractivity contribution is 9.10. The van der Waals surface area contributed by atoms with Crippen molar-refractivity contribution in [3.63, 3.8) is 0 Å². The van der Waals surface area contributed by atoms with Crippen molar-refractivity contribution in [2.75, 3.05) is 0 Å². The van der Waals surface area contributed by atoms with Gasteiger partial charge in [0.15, 0.2) is 0 Å². The van der Waals surface area contributed by atoms with E-state index in [0.717, 1.165) is 44.8 Å². The molecule has 503 valence electrons. The number of hydrogen-bond acceptors (Lipinski definition) is 2. The smallest absolute Gasteiger partial charge is 0.537 e. The summed E-state index contributed by atoms with van der Waals surface area (Å²) in [6.45, 7) is 0. The summed E-state index contributed by atoms with van der Waals surface area (Å²) in [5.41, 5.74) is 12.2. The van der Waals surface area contributed by atoms with Crippen LogP contribution in [0.15, 0.2) is 393 Å². The van der Waals surface area contributed by atoms with Crippen molar-refractivity contribution in [1.82, 2.24) is 0 Å². The maximum atomic E-state index is 9.42. The van der Waals surface area contributed by atoms with E-state index in [4.69, 9.17) is 4.65 Å². The highest BCUT2D eigenvalue weighted by Gasteiger charge is 2.23. The molecule has 0 spiro atoms. The van der Waals surface area contributed by atoms with Gasteiger partial charge < -0.3 is 9.68 Å². The fourth-order valence-electron chi connectivity index (χ4n) is 17.5. The molecule has 0 saturated carbocycles. The number of rotatable bonds is 7. The Bertz CT molecular complexity index is 7310. The van der Waals surface area contributed by atoms with Gasteiger partial charge in [-0.05, 0) is 232 Å². The van der Waals surface area contributed by atoms with Crippen LogP contribution >= 0.6 is 15.9 Å². The van der Waals surface area contributed by atoms with Gasteiger partial charge in [0.2, 0.25) is 0 Å². The predicted octanol–water partition coefficient (Wildman–Crippen LogP) is 29.2. The number of halogens is 1. The second-order valence-electron chi connectivity index (χ2n) is 28.0. The average Bonchev–Trinajstić information content (AvgIpc) is 0.714. The zero-order valence-corrected chi connectivity index (χ0v) is 60.3. The van der Waals surface area contributed by atoms with Gasteiger partial charge in [-0.15, -0.1) is 0 Å². The van der Waals surface area contributed by atoms with Gasteiger partial charge in [0, 0.05) is 15.2 Å². The molecule has 22 rings (SSSR count). The van der Waals surface area contributed by atoms with E-state index in [9.17, 15) is 5.02 Å². The zero-order chi connectivity index (χ0) is 71.8. The molecule has 22 aromatic rings. The highest BCUT2D eigenvalue weighted by atomic mass is 79.9. The molecule has 0 fully saturated rings. The van der Waals surface area contributed by atoms with Crippen LogP contribution < -0.4 is 4.65 Å². The molecule has 22 aromatic carbocycles. The number of benzene rings is 22. The fourth-order valence-corrected chi connectivity index (χ4v) is 18.0. The largest absolute Gasteiger partial charge is 0.569 e. The normalized spacial score (nSPS) is 11.6. The quantitative estimate of drug-likeness (QED) is 0.0979. The van der Waals surface area contributed by atoms with Crippen molar-refractivity contribution in [2.24, 2.45) is 0 Å². The summed E-state index contributed by atoms with van der Waals surface area (Å²) < 4.78 is 6.74. The van der Waals surface area contributed by atoms with Crippen LogP contribution in [-0.4, -0.2) is 12.7 Å². The molecule has 0 aliphatic rings. The summed E-state index contributed by atoms with van der Waals surface area (Å²) in [6.07, 6.45) is 0. The molecular formula is C104H65BBrO2. The van der Waals surface area contributed by atoms with Crippen LogP contribution in [0.2, 0.25) is 0 Å². The summed E-state index contributed by atoms with van der Waals surface area (Å²) in [5.74, 6) is 0.665. The van der Waals surface area contributed by atoms with E-state index >= 15 is 0 Å². The van der Waals surface area contributed by atoms with Crippen LogP contribution in [0.4, 0.5) is 0 Å². The van der Waals surface area contributed by atoms with Gasteiger partial charge in [0.05, 0.1) is 0 Å². The Labute approximate surface area is 633 Å². The van der Waals surface area contributed by atoms with Crippen molar-refractivity contribution in [3.8, 4) is 61.4 Å². The molecule has 0 atom stereocenters. The van der Waals surface area contributed by atoms with Gasteiger partial charge in [-0.1, -0.05) is 368 Å². The van der Waals surface area contributed by atoms with Crippen LogP contribution in [0.1, 0.15) is 0 Å². The van der Waals surface area contributed by atoms with Crippen molar-refractivity contribution >= 4 is 174 Å². The standard InChI is InChI=1S/C52H32.C30H20BO2.C22H13Br/c1-2-15-34-30-36(29-28-33(34)14-1)35-16-13-17-37(31-35)50-44-24-9-11-26-46(44)52(47-27-12-10-25-45(47)50)49-32-48-40-20-4-3-18-38(40)39-19-5-7-22-42(39)51(48)43-23-8-6-21-41(43)49;32-31-33-30-27-14-5-3-12-25(27)29(26-13-4-6-15-28(26)30)24-11-7-10-22(19-24)23-17-16-20-8-1-2-9-21(20)18-23;23-21-13-20-16-9-2-1-7-14(16)15-8-3-5-11-18(15)22(20)19-12-6-4-10-17(19)21/h1-32H;1-19,32H;1-13H. The molecule has 0 aliphatic carbocycles. The minimum Gasteiger partial charge on any atom is -0.537 e. The summed E-state index contributed by atoms with van der Waals surface area (Å²) in [7, 11) is 0.758. The number of fused-ring (bicyclic) bond motifs is 22. The minimum absolute atomic E-state index is 0.665. The topological polar surface area (TPSA) is 29.5 Å². The lowest BCUT2D eigenvalue weighted by Crippen LogP contribution is -2.02. The Morgan fingerprint density at radius 2 is 0.472 bits per heavy atom. The second kappa shape index (κ2) is 27.0. The molecule has 0 aromatic heterocycles. The average molecular weight is 1440 g/mol. The lowest BCUT2D eigenvalue weighted by molar-refractivity contribution is 0.459. The Morgan fingerprint density at radius 1 is 0.194 bits per heavy atom. The Balaban J connectivity index is 0.000000117. The van der Waals surface area contributed by atoms with Gasteiger partial charge in [0.1, 0.15) is 5.75 Å². The van der Waals surface area contributed by atoms with E-state index in [1.54, 1.807) is 0 Å². The Kier molecular flexibility index (Phi) is 16.1. The highest BCUT2D eigenvalue weighted by Crippen LogP contribution is 2.51. The van der Waals surface area contributed by atoms with Gasteiger partial charge in [-0.2, -0.15) is 0 Å². The summed E-state index contributed by atoms with van der Waals surface area (Å²) in [4.78, 5) is 0. The predicted molar refractivity (Wildman–Crippen MR) is 468 cm³/mol. The van der Waals surface area contributed by atoms with Crippen LogP contribution in [-0.2, 0) is 0 Å². The first-order chi connectivity index (χ1) is 53.5. The maximum Gasteiger partial charge on any atom is 0.569 e. The first kappa shape index (κ1) is 64.4. The zero-order valence-electron chi connectivity index (χ0n) is 58.8. The molecule has 0 unspecified atom stereocenters. The molecule has 0 aliphatic heterocycles. The van der Waals surface area contributed by atoms with Crippen LogP contribution in [0, 0.1) is 0 Å². The molecule has 2 nitrogen and oxygen atoms in total. The van der Waals surface area contributed by atoms with Crippen LogP contribution in [0.3, 0.4) is 0 Å². The van der Waals surface area contributed by atoms with Crippen molar-refractivity contribution in [1.29, 1.82) is 0 Å². The van der Waals surface area contributed by atoms with E-state index < -0.39 is 0 Å². The Hall–Kier alpha value is -13.2. The van der Waals surface area contributed by atoms with E-state index in [1.807, 2.05) is 36.4 Å². The summed E-state index contributed by atoms with van der Waals surface area (Å²) >= 11 is 3.77. The first-order valence-electron chi connectivity index (χ1n) is 36.8. The maximum absolute atomic E-state index is 9.42. The summed E-state index contributed by atoms with van der Waals surface area (Å²) in [6, 6.07) is 140. The molecule has 108 heavy (non-hydrogen) atoms. The molecule has 1 radical (unpaired) electrons. The molecule has 0 amide bonds. The van der Waals surface area contributed by atoms with E-state index in [0.29, 0.717) is 5.75 Å². The second-order valence-corrected chi connectivity index (χ2v) is 28.9. The van der Waals surface area contributed by atoms with E-state index in [1.165, 1.54) is 174 Å². The lowest BCUT2D eigenvalue weighted by atomic mass is 9.82. The monoisotopic (exact) mass is 1440 g/mol. The molecule has 1 N–H and O–H groups in total.